The van der Waals surface area contributed by atoms with Gasteiger partial charge in [-0.25, -0.2) is 0 Å². The van der Waals surface area contributed by atoms with Gasteiger partial charge in [0.1, 0.15) is 5.75 Å². The van der Waals surface area contributed by atoms with Gasteiger partial charge in [0.2, 0.25) is 0 Å². The fourth-order valence-corrected chi connectivity index (χ4v) is 1.44. The summed E-state index contributed by atoms with van der Waals surface area (Å²) in [5.74, 6) is 0.498. The first-order chi connectivity index (χ1) is 8.08. The van der Waals surface area contributed by atoms with Crippen molar-refractivity contribution in [2.24, 2.45) is 0 Å². The molecule has 0 aliphatic heterocycles. The zero-order valence-corrected chi connectivity index (χ0v) is 10.8. The van der Waals surface area contributed by atoms with Crippen LogP contribution in [0.4, 0.5) is 0 Å². The summed E-state index contributed by atoms with van der Waals surface area (Å²) in [6.45, 7) is 4.55. The van der Waals surface area contributed by atoms with E-state index in [1.165, 1.54) is 0 Å². The molecular weight excluding hydrogens is 216 g/mol. The van der Waals surface area contributed by atoms with Gasteiger partial charge >= 0.3 is 0 Å². The van der Waals surface area contributed by atoms with Crippen molar-refractivity contribution in [2.75, 3.05) is 20.7 Å². The van der Waals surface area contributed by atoms with E-state index in [0.717, 1.165) is 5.56 Å². The lowest BCUT2D eigenvalue weighted by Gasteiger charge is -2.13. The van der Waals surface area contributed by atoms with Gasteiger partial charge in [0, 0.05) is 12.6 Å². The standard InChI is InChI=1S/C13H20N2O2/c1-9-5-6-12(17-4)11(7-9)13(16)15-8-10(2)14-3/h5-7,10,14H,8H2,1-4H3,(H,15,16). The highest BCUT2D eigenvalue weighted by Gasteiger charge is 2.12. The van der Waals surface area contributed by atoms with Gasteiger partial charge in [-0.1, -0.05) is 11.6 Å². The van der Waals surface area contributed by atoms with Crippen molar-refractivity contribution < 1.29 is 9.53 Å². The maximum Gasteiger partial charge on any atom is 0.255 e. The van der Waals surface area contributed by atoms with Crippen molar-refractivity contribution in [1.82, 2.24) is 10.6 Å². The zero-order valence-electron chi connectivity index (χ0n) is 10.8. The quantitative estimate of drug-likeness (QED) is 0.811. The first-order valence-electron chi connectivity index (χ1n) is 5.68. The maximum absolute atomic E-state index is 12.0. The molecule has 0 fully saturated rings. The summed E-state index contributed by atoms with van der Waals surface area (Å²) in [5.41, 5.74) is 1.62. The Morgan fingerprint density at radius 2 is 2.18 bits per heavy atom. The number of likely N-dealkylation sites (N-methyl/N-ethyl adjacent to an activating group) is 1. The second-order valence-corrected chi connectivity index (χ2v) is 4.10. The molecule has 1 aromatic rings. The molecule has 0 heterocycles. The van der Waals surface area contributed by atoms with Gasteiger partial charge in [-0.15, -0.1) is 0 Å². The molecule has 0 radical (unpaired) electrons. The predicted molar refractivity (Wildman–Crippen MR) is 68.6 cm³/mol. The molecule has 4 nitrogen and oxygen atoms in total. The van der Waals surface area contributed by atoms with Gasteiger partial charge in [-0.05, 0) is 33.0 Å². The smallest absolute Gasteiger partial charge is 0.255 e. The van der Waals surface area contributed by atoms with E-state index >= 15 is 0 Å². The number of nitrogens with one attached hydrogen (secondary N) is 2. The lowest BCUT2D eigenvalue weighted by atomic mass is 10.1. The highest BCUT2D eigenvalue weighted by atomic mass is 16.5. The minimum Gasteiger partial charge on any atom is -0.496 e. The van der Waals surface area contributed by atoms with Crippen LogP contribution in [0.15, 0.2) is 18.2 Å². The SMILES string of the molecule is CNC(C)CNC(=O)c1cc(C)ccc1OC. The van der Waals surface area contributed by atoms with Crippen LogP contribution in [0.2, 0.25) is 0 Å². The Kier molecular flexibility index (Phi) is 4.97. The molecule has 0 saturated carbocycles. The fourth-order valence-electron chi connectivity index (χ4n) is 1.44. The summed E-state index contributed by atoms with van der Waals surface area (Å²) in [6, 6.07) is 5.81. The van der Waals surface area contributed by atoms with Crippen LogP contribution in [0, 0.1) is 6.92 Å². The third-order valence-corrected chi connectivity index (χ3v) is 2.66. The van der Waals surface area contributed by atoms with Crippen molar-refractivity contribution in [2.45, 2.75) is 19.9 Å². The van der Waals surface area contributed by atoms with E-state index in [1.807, 2.05) is 39.1 Å². The molecule has 0 saturated heterocycles. The van der Waals surface area contributed by atoms with Crippen molar-refractivity contribution in [3.8, 4) is 5.75 Å². The number of hydrogen-bond acceptors (Lipinski definition) is 3. The average molecular weight is 236 g/mol. The van der Waals surface area contributed by atoms with Gasteiger partial charge in [-0.3, -0.25) is 4.79 Å². The van der Waals surface area contributed by atoms with E-state index in [4.69, 9.17) is 4.74 Å². The Morgan fingerprint density at radius 3 is 2.76 bits per heavy atom. The largest absolute Gasteiger partial charge is 0.496 e. The molecule has 1 unspecified atom stereocenters. The normalized spacial score (nSPS) is 12.0. The number of carbonyl (C=O) groups is 1. The number of aryl methyl sites for hydroxylation is 1. The highest BCUT2D eigenvalue weighted by molar-refractivity contribution is 5.97. The summed E-state index contributed by atoms with van der Waals surface area (Å²) in [6.07, 6.45) is 0. The highest BCUT2D eigenvalue weighted by Crippen LogP contribution is 2.19. The van der Waals surface area contributed by atoms with Crippen molar-refractivity contribution in [3.05, 3.63) is 29.3 Å². The van der Waals surface area contributed by atoms with Gasteiger partial charge in [0.05, 0.1) is 12.7 Å². The number of rotatable bonds is 5. The van der Waals surface area contributed by atoms with Crippen LogP contribution in [0.3, 0.4) is 0 Å². The van der Waals surface area contributed by atoms with Crippen LogP contribution in [-0.4, -0.2) is 32.7 Å². The lowest BCUT2D eigenvalue weighted by molar-refractivity contribution is 0.0947. The molecule has 1 amide bonds. The van der Waals surface area contributed by atoms with Crippen molar-refractivity contribution >= 4 is 5.91 Å². The molecule has 4 heteroatoms. The summed E-state index contributed by atoms with van der Waals surface area (Å²) in [5, 5.41) is 5.94. The van der Waals surface area contributed by atoms with Crippen LogP contribution >= 0.6 is 0 Å². The first kappa shape index (κ1) is 13.5. The number of hydrogen-bond donors (Lipinski definition) is 2. The van der Waals surface area contributed by atoms with Gasteiger partial charge in [0.25, 0.3) is 5.91 Å². The van der Waals surface area contributed by atoms with E-state index in [9.17, 15) is 4.79 Å². The maximum atomic E-state index is 12.0. The molecule has 0 aliphatic rings. The van der Waals surface area contributed by atoms with Crippen LogP contribution in [0.1, 0.15) is 22.8 Å². The molecule has 1 aromatic carbocycles. The Labute approximate surface area is 102 Å². The predicted octanol–water partition coefficient (Wildman–Crippen LogP) is 1.34. The summed E-state index contributed by atoms with van der Waals surface area (Å²) in [4.78, 5) is 12.0. The van der Waals surface area contributed by atoms with E-state index < -0.39 is 0 Å². The molecule has 0 bridgehead atoms. The minimum atomic E-state index is -0.104. The number of benzene rings is 1. The molecule has 0 spiro atoms. The Hall–Kier alpha value is -1.55. The molecule has 0 aromatic heterocycles. The Morgan fingerprint density at radius 1 is 1.47 bits per heavy atom. The third kappa shape index (κ3) is 3.75. The van der Waals surface area contributed by atoms with Gasteiger partial charge < -0.3 is 15.4 Å². The summed E-state index contributed by atoms with van der Waals surface area (Å²) >= 11 is 0. The van der Waals surface area contributed by atoms with Crippen LogP contribution in [0.5, 0.6) is 5.75 Å². The van der Waals surface area contributed by atoms with Crippen LogP contribution in [-0.2, 0) is 0 Å². The fraction of sp³-hybridized carbons (Fsp3) is 0.462. The first-order valence-corrected chi connectivity index (χ1v) is 5.68. The van der Waals surface area contributed by atoms with Crippen molar-refractivity contribution in [1.29, 1.82) is 0 Å². The molecule has 0 aliphatic carbocycles. The Bertz CT molecular complexity index is 391. The average Bonchev–Trinajstić information content (AvgIpc) is 2.35. The van der Waals surface area contributed by atoms with Gasteiger partial charge in [-0.2, -0.15) is 0 Å². The second-order valence-electron chi connectivity index (χ2n) is 4.10. The lowest BCUT2D eigenvalue weighted by Crippen LogP contribution is -2.37. The zero-order chi connectivity index (χ0) is 12.8. The summed E-state index contributed by atoms with van der Waals surface area (Å²) < 4.78 is 5.18. The molecule has 17 heavy (non-hydrogen) atoms. The monoisotopic (exact) mass is 236 g/mol. The van der Waals surface area contributed by atoms with E-state index in [-0.39, 0.29) is 11.9 Å². The Balaban J connectivity index is 2.77. The number of amides is 1. The minimum absolute atomic E-state index is 0.104. The van der Waals surface area contributed by atoms with Gasteiger partial charge in [0.15, 0.2) is 0 Å². The topological polar surface area (TPSA) is 50.4 Å². The number of methoxy groups -OCH3 is 1. The van der Waals surface area contributed by atoms with Crippen LogP contribution in [0.25, 0.3) is 0 Å². The van der Waals surface area contributed by atoms with E-state index in [0.29, 0.717) is 17.9 Å². The molecule has 1 rings (SSSR count). The molecule has 94 valence electrons. The van der Waals surface area contributed by atoms with E-state index in [1.54, 1.807) is 7.11 Å². The third-order valence-electron chi connectivity index (χ3n) is 2.66. The summed E-state index contributed by atoms with van der Waals surface area (Å²) in [7, 11) is 3.43. The number of ether oxygens (including phenoxy) is 1. The molecular formula is C13H20N2O2. The number of carbonyl (C=O) groups excluding carboxylic acids is 1. The van der Waals surface area contributed by atoms with Crippen molar-refractivity contribution in [3.63, 3.8) is 0 Å². The van der Waals surface area contributed by atoms with Crippen LogP contribution < -0.4 is 15.4 Å². The second kappa shape index (κ2) is 6.25. The molecule has 2 N–H and O–H groups in total. The van der Waals surface area contributed by atoms with E-state index in [2.05, 4.69) is 10.6 Å². The molecule has 1 atom stereocenters.